The van der Waals surface area contributed by atoms with Crippen LogP contribution in [0.15, 0.2) is 0 Å². The first-order valence-corrected chi connectivity index (χ1v) is 22.3. The summed E-state index contributed by atoms with van der Waals surface area (Å²) in [5.74, 6) is -4.50. The van der Waals surface area contributed by atoms with E-state index >= 15 is 0 Å². The summed E-state index contributed by atoms with van der Waals surface area (Å²) in [5, 5.41) is 0. The van der Waals surface area contributed by atoms with E-state index in [0.717, 1.165) is 27.7 Å². The van der Waals surface area contributed by atoms with Gasteiger partial charge in [0, 0.05) is 0 Å². The van der Waals surface area contributed by atoms with Gasteiger partial charge in [-0.15, -0.1) is 0 Å². The van der Waals surface area contributed by atoms with Crippen molar-refractivity contribution in [2.45, 2.75) is 27.7 Å². The molecule has 0 aliphatic rings. The van der Waals surface area contributed by atoms with Crippen LogP contribution in [0.5, 0.6) is 0 Å². The molecule has 0 aromatic rings. The number of carbonyl (C=O) groups is 4. The van der Waals surface area contributed by atoms with Gasteiger partial charge in [0.15, 0.2) is 0 Å². The van der Waals surface area contributed by atoms with Gasteiger partial charge < -0.3 is 0 Å². The second-order valence-corrected chi connectivity index (χ2v) is 32.4. The molecule has 0 aromatic carbocycles. The van der Waals surface area contributed by atoms with Crippen LogP contribution >= 0.6 is 0 Å². The van der Waals surface area contributed by atoms with Crippen molar-refractivity contribution in [3.05, 3.63) is 0 Å². The summed E-state index contributed by atoms with van der Waals surface area (Å²) >= 11 is -8.81. The summed E-state index contributed by atoms with van der Waals surface area (Å²) in [6, 6.07) is 0. The van der Waals surface area contributed by atoms with Gasteiger partial charge in [-0.1, -0.05) is 0 Å². The zero-order chi connectivity index (χ0) is 22.9. The zero-order valence-electron chi connectivity index (χ0n) is 17.4. The van der Waals surface area contributed by atoms with E-state index in [1.54, 1.807) is 0 Å². The van der Waals surface area contributed by atoms with Crippen molar-refractivity contribution in [1.82, 2.24) is 9.38 Å². The molecule has 0 aliphatic heterocycles. The van der Waals surface area contributed by atoms with Crippen LogP contribution in [-0.4, -0.2) is 63.1 Å². The molecule has 0 amide bonds. The van der Waals surface area contributed by atoms with Crippen molar-refractivity contribution in [2.24, 2.45) is 17.2 Å². The molecule has 0 aliphatic carbocycles. The van der Waals surface area contributed by atoms with E-state index < -0.39 is 43.2 Å². The van der Waals surface area contributed by atoms with Gasteiger partial charge >= 0.3 is 167 Å². The maximum atomic E-state index is 12.3. The SMILES string of the molecule is CC(=O)[O][Cd]([NH]CCN)([NH]CCN)([NH]CCN)([O]C(C)=O)([O]C(C)=O)[O]C(C)=O. The average molecular weight is 526 g/mol. The normalized spacial score (nSPS) is 15.1. The summed E-state index contributed by atoms with van der Waals surface area (Å²) in [7, 11) is 0. The van der Waals surface area contributed by atoms with Crippen molar-refractivity contribution < 1.29 is 49.2 Å². The van der Waals surface area contributed by atoms with Crippen LogP contribution in [0, 0.1) is 0 Å². The Kier molecular flexibility index (Phi) is 8.31. The van der Waals surface area contributed by atoms with E-state index in [-0.39, 0.29) is 39.3 Å². The average Bonchev–Trinajstić information content (AvgIpc) is 2.55. The van der Waals surface area contributed by atoms with Crippen LogP contribution < -0.4 is 26.6 Å². The molecule has 0 radical (unpaired) electrons. The van der Waals surface area contributed by atoms with E-state index in [2.05, 4.69) is 9.38 Å². The first-order chi connectivity index (χ1) is 13.2. The molecular weight excluding hydrogens is 493 g/mol. The number of nitrogens with one attached hydrogen (secondary N) is 3. The van der Waals surface area contributed by atoms with Gasteiger partial charge in [-0.05, 0) is 0 Å². The Labute approximate surface area is 166 Å². The van der Waals surface area contributed by atoms with Crippen LogP contribution in [0.4, 0.5) is 0 Å². The summed E-state index contributed by atoms with van der Waals surface area (Å²) in [6.45, 7) is 2.41. The fourth-order valence-electron chi connectivity index (χ4n) is 4.97. The van der Waals surface area contributed by atoms with Crippen molar-refractivity contribution in [3.8, 4) is 0 Å². The van der Waals surface area contributed by atoms with Gasteiger partial charge in [0.2, 0.25) is 0 Å². The zero-order valence-corrected chi connectivity index (χ0v) is 21.5. The molecule has 0 bridgehead atoms. The fraction of sp³-hybridized carbons (Fsp3) is 0.714. The third kappa shape index (κ3) is 5.38. The second-order valence-electron chi connectivity index (χ2n) is 7.88. The Morgan fingerprint density at radius 1 is 0.586 bits per heavy atom. The van der Waals surface area contributed by atoms with Gasteiger partial charge in [-0.3, -0.25) is 0 Å². The Bertz CT molecular complexity index is 578. The molecule has 169 valence electrons. The van der Waals surface area contributed by atoms with Gasteiger partial charge in [-0.2, -0.15) is 0 Å². The summed E-state index contributed by atoms with van der Waals surface area (Å²) in [6.07, 6.45) is 0. The number of rotatable bonds is 13. The molecule has 29 heavy (non-hydrogen) atoms. The third-order valence-electron chi connectivity index (χ3n) is 5.32. The molecule has 15 heteroatoms. The van der Waals surface area contributed by atoms with E-state index in [1.165, 1.54) is 0 Å². The Morgan fingerprint density at radius 3 is 0.931 bits per heavy atom. The van der Waals surface area contributed by atoms with Crippen LogP contribution in [0.3, 0.4) is 0 Å². The van der Waals surface area contributed by atoms with Crippen LogP contribution in [-0.2, 0) is 49.2 Å². The molecule has 0 rings (SSSR count). The van der Waals surface area contributed by atoms with Crippen LogP contribution in [0.2, 0.25) is 0 Å². The number of carbonyl (C=O) groups excluding carboxylic acids is 4. The molecule has 0 fully saturated rings. The minimum absolute atomic E-state index is 0.141. The summed E-state index contributed by atoms with van der Waals surface area (Å²) < 4.78 is 30.1. The Balaban J connectivity index is 7.89. The monoisotopic (exact) mass is 527 g/mol. The Morgan fingerprint density at radius 2 is 0.793 bits per heavy atom. The van der Waals surface area contributed by atoms with Crippen LogP contribution in [0.25, 0.3) is 0 Å². The molecule has 0 atom stereocenters. The first-order valence-electron chi connectivity index (χ1n) is 9.63. The minimum atomic E-state index is -8.81. The van der Waals surface area contributed by atoms with Gasteiger partial charge in [-0.25, -0.2) is 0 Å². The van der Waals surface area contributed by atoms with E-state index in [4.69, 9.17) is 27.9 Å². The molecule has 0 aromatic heterocycles. The van der Waals surface area contributed by atoms with E-state index in [0.29, 0.717) is 0 Å². The van der Waals surface area contributed by atoms with Crippen molar-refractivity contribution >= 4 is 23.9 Å². The molecule has 0 heterocycles. The quantitative estimate of drug-likeness (QED) is 0.132. The number of hydrogen-bond acceptors (Lipinski definition) is 14. The molecule has 0 saturated carbocycles. The molecule has 0 unspecified atom stereocenters. The van der Waals surface area contributed by atoms with E-state index in [1.807, 2.05) is 0 Å². The molecule has 0 saturated heterocycles. The molecule has 9 N–H and O–H groups in total. The summed E-state index contributed by atoms with van der Waals surface area (Å²) in [5.41, 5.74) is 16.8. The number of hydrogen-bond donors (Lipinski definition) is 6. The maximum absolute atomic E-state index is 12.3. The second kappa shape index (κ2) is 8.74. The van der Waals surface area contributed by atoms with Crippen molar-refractivity contribution in [1.29, 1.82) is 0 Å². The van der Waals surface area contributed by atoms with E-state index in [9.17, 15) is 19.2 Å². The van der Waals surface area contributed by atoms with Gasteiger partial charge in [0.25, 0.3) is 0 Å². The predicted molar refractivity (Wildman–Crippen MR) is 98.2 cm³/mol. The fourth-order valence-corrected chi connectivity index (χ4v) is 33.4. The van der Waals surface area contributed by atoms with Crippen molar-refractivity contribution in [2.75, 3.05) is 39.3 Å². The molecule has 14 nitrogen and oxygen atoms in total. The molecular formula is C14H33CdN6O8. The summed E-state index contributed by atoms with van der Waals surface area (Å²) in [4.78, 5) is 49.4. The number of nitrogens with two attached hydrogens (primary N) is 3. The third-order valence-corrected chi connectivity index (χ3v) is 33.2. The van der Waals surface area contributed by atoms with Gasteiger partial charge in [0.1, 0.15) is 0 Å². The predicted octanol–water partition coefficient (Wildman–Crippen LogP) is -2.95. The molecule has 0 spiro atoms. The Hall–Kier alpha value is -1.44. The first kappa shape index (κ1) is 27.6. The van der Waals surface area contributed by atoms with Gasteiger partial charge in [0.05, 0.1) is 0 Å². The standard InChI is InChI=1S/3C2H7N2.4C2H4O2.Cd/c3*3-1-2-4;4*1-2(3)4;/h3*3H,1-2,4H2;4*1H3,(H,3,4);/q3*-1;;;;;+7/p-4. The van der Waals surface area contributed by atoms with Crippen molar-refractivity contribution in [3.63, 3.8) is 0 Å². The topological polar surface area (TPSA) is 219 Å². The van der Waals surface area contributed by atoms with Crippen LogP contribution in [0.1, 0.15) is 27.7 Å².